The molecule has 5 heteroatoms. The van der Waals surface area contributed by atoms with Crippen LogP contribution in [0.3, 0.4) is 0 Å². The van der Waals surface area contributed by atoms with Crippen LogP contribution in [0.25, 0.3) is 0 Å². The lowest BCUT2D eigenvalue weighted by Crippen LogP contribution is -2.12. The third-order valence-electron chi connectivity index (χ3n) is 2.59. The average Bonchev–Trinajstić information content (AvgIpc) is 2.36. The molecule has 0 fully saturated rings. The summed E-state index contributed by atoms with van der Waals surface area (Å²) in [6, 6.07) is 13.4. The van der Waals surface area contributed by atoms with E-state index in [-0.39, 0.29) is 12.4 Å². The van der Waals surface area contributed by atoms with Gasteiger partial charge in [0.15, 0.2) is 0 Å². The number of rotatable bonds is 4. The monoisotopic (exact) mass is 335 g/mol. The Morgan fingerprint density at radius 2 is 1.53 bits per heavy atom. The molecular formula is C14H13Cl4N. The van der Waals surface area contributed by atoms with Gasteiger partial charge in [0, 0.05) is 18.1 Å². The second kappa shape index (κ2) is 7.98. The Bertz CT molecular complexity index is 543. The highest BCUT2D eigenvalue weighted by Gasteiger charge is 2.01. The van der Waals surface area contributed by atoms with Gasteiger partial charge in [0.25, 0.3) is 0 Å². The molecule has 0 atom stereocenters. The molecule has 0 radical (unpaired) electrons. The van der Waals surface area contributed by atoms with Crippen LogP contribution >= 0.6 is 47.2 Å². The largest absolute Gasteiger partial charge is 0.309 e. The zero-order valence-electron chi connectivity index (χ0n) is 10.00. The van der Waals surface area contributed by atoms with Gasteiger partial charge in [-0.15, -0.1) is 12.4 Å². The van der Waals surface area contributed by atoms with Crippen LogP contribution in [0.2, 0.25) is 15.1 Å². The summed E-state index contributed by atoms with van der Waals surface area (Å²) in [7, 11) is 0. The van der Waals surface area contributed by atoms with Gasteiger partial charge in [-0.25, -0.2) is 0 Å². The molecule has 0 saturated heterocycles. The molecule has 2 aromatic carbocycles. The van der Waals surface area contributed by atoms with E-state index in [0.29, 0.717) is 10.0 Å². The van der Waals surface area contributed by atoms with Gasteiger partial charge >= 0.3 is 0 Å². The molecular weight excluding hydrogens is 324 g/mol. The summed E-state index contributed by atoms with van der Waals surface area (Å²) in [6.45, 7) is 1.45. The number of hydrogen-bond donors (Lipinski definition) is 1. The molecule has 0 spiro atoms. The Labute approximate surface area is 134 Å². The Balaban J connectivity index is 0.00000180. The van der Waals surface area contributed by atoms with Crippen molar-refractivity contribution >= 4 is 47.2 Å². The Kier molecular flexibility index (Phi) is 6.98. The number of hydrogen-bond acceptors (Lipinski definition) is 1. The van der Waals surface area contributed by atoms with Crippen LogP contribution in [-0.4, -0.2) is 0 Å². The average molecular weight is 337 g/mol. The first-order valence-corrected chi connectivity index (χ1v) is 6.68. The zero-order valence-corrected chi connectivity index (χ0v) is 13.1. The van der Waals surface area contributed by atoms with E-state index in [1.807, 2.05) is 36.4 Å². The minimum Gasteiger partial charge on any atom is -0.309 e. The van der Waals surface area contributed by atoms with Crippen molar-refractivity contribution in [2.24, 2.45) is 0 Å². The lowest BCUT2D eigenvalue weighted by atomic mass is 10.2. The van der Waals surface area contributed by atoms with Gasteiger partial charge in [0.2, 0.25) is 0 Å². The maximum absolute atomic E-state index is 6.07. The maximum atomic E-state index is 6.07. The Morgan fingerprint density at radius 3 is 2.21 bits per heavy atom. The van der Waals surface area contributed by atoms with Crippen LogP contribution in [-0.2, 0) is 13.1 Å². The van der Waals surface area contributed by atoms with Crippen LogP contribution in [0, 0.1) is 0 Å². The fourth-order valence-corrected chi connectivity index (χ4v) is 2.16. The van der Waals surface area contributed by atoms with E-state index in [1.165, 1.54) is 0 Å². The summed E-state index contributed by atoms with van der Waals surface area (Å²) in [5.74, 6) is 0. The molecule has 1 N–H and O–H groups in total. The van der Waals surface area contributed by atoms with Crippen LogP contribution < -0.4 is 5.32 Å². The third-order valence-corrected chi connectivity index (χ3v) is 3.69. The van der Waals surface area contributed by atoms with Crippen molar-refractivity contribution in [2.75, 3.05) is 0 Å². The summed E-state index contributed by atoms with van der Waals surface area (Å²) < 4.78 is 0. The first kappa shape index (κ1) is 16.6. The minimum absolute atomic E-state index is 0. The number of nitrogens with one attached hydrogen (secondary N) is 1. The highest BCUT2D eigenvalue weighted by atomic mass is 35.5. The van der Waals surface area contributed by atoms with E-state index >= 15 is 0 Å². The van der Waals surface area contributed by atoms with Crippen molar-refractivity contribution in [3.63, 3.8) is 0 Å². The molecule has 0 aliphatic carbocycles. The number of benzene rings is 2. The van der Waals surface area contributed by atoms with Crippen LogP contribution in [0.1, 0.15) is 11.1 Å². The fraction of sp³-hybridized carbons (Fsp3) is 0.143. The van der Waals surface area contributed by atoms with E-state index in [0.717, 1.165) is 29.2 Å². The molecule has 1 nitrogen and oxygen atoms in total. The zero-order chi connectivity index (χ0) is 13.0. The first-order valence-electron chi connectivity index (χ1n) is 5.55. The van der Waals surface area contributed by atoms with Gasteiger partial charge in [0.05, 0.1) is 10.0 Å². The van der Waals surface area contributed by atoms with Crippen LogP contribution in [0.5, 0.6) is 0 Å². The summed E-state index contributed by atoms with van der Waals surface area (Å²) in [6.07, 6.45) is 0. The maximum Gasteiger partial charge on any atom is 0.0595 e. The van der Waals surface area contributed by atoms with Crippen molar-refractivity contribution in [1.82, 2.24) is 5.32 Å². The summed E-state index contributed by atoms with van der Waals surface area (Å²) >= 11 is 17.9. The highest BCUT2D eigenvalue weighted by molar-refractivity contribution is 6.42. The first-order chi connectivity index (χ1) is 8.66. The van der Waals surface area contributed by atoms with Crippen LogP contribution in [0.15, 0.2) is 42.5 Å². The van der Waals surface area contributed by atoms with E-state index in [4.69, 9.17) is 34.8 Å². The predicted octanol–water partition coefficient (Wildman–Crippen LogP) is 5.36. The van der Waals surface area contributed by atoms with E-state index in [2.05, 4.69) is 5.32 Å². The minimum atomic E-state index is 0. The number of halogens is 4. The van der Waals surface area contributed by atoms with Crippen molar-refractivity contribution in [3.8, 4) is 0 Å². The van der Waals surface area contributed by atoms with Gasteiger partial charge in [-0.1, -0.05) is 59.1 Å². The smallest absolute Gasteiger partial charge is 0.0595 e. The molecule has 0 heterocycles. The van der Waals surface area contributed by atoms with Crippen molar-refractivity contribution < 1.29 is 0 Å². The summed E-state index contributed by atoms with van der Waals surface area (Å²) in [5, 5.41) is 5.25. The van der Waals surface area contributed by atoms with Crippen molar-refractivity contribution in [3.05, 3.63) is 68.7 Å². The standard InChI is InChI=1S/C14H12Cl3N.ClH/c15-12-4-2-1-3-11(12)9-18-8-10-5-6-13(16)14(17)7-10;/h1-7,18H,8-9H2;1H. The molecule has 0 aliphatic heterocycles. The quantitative estimate of drug-likeness (QED) is 0.792. The molecule has 0 unspecified atom stereocenters. The molecule has 0 saturated carbocycles. The van der Waals surface area contributed by atoms with E-state index < -0.39 is 0 Å². The van der Waals surface area contributed by atoms with Gasteiger partial charge in [-0.3, -0.25) is 0 Å². The lowest BCUT2D eigenvalue weighted by Gasteiger charge is -2.07. The second-order valence-electron chi connectivity index (χ2n) is 3.94. The SMILES string of the molecule is Cl.Clc1ccc(CNCc2ccccc2Cl)cc1Cl. The van der Waals surface area contributed by atoms with Gasteiger partial charge in [0.1, 0.15) is 0 Å². The molecule has 0 aliphatic rings. The molecule has 2 rings (SSSR count). The second-order valence-corrected chi connectivity index (χ2v) is 5.17. The third kappa shape index (κ3) is 4.87. The predicted molar refractivity (Wildman–Crippen MR) is 85.7 cm³/mol. The van der Waals surface area contributed by atoms with Crippen molar-refractivity contribution in [1.29, 1.82) is 0 Å². The van der Waals surface area contributed by atoms with E-state index in [1.54, 1.807) is 6.07 Å². The molecule has 0 aromatic heterocycles. The van der Waals surface area contributed by atoms with Gasteiger partial charge in [-0.2, -0.15) is 0 Å². The van der Waals surface area contributed by atoms with Gasteiger partial charge in [-0.05, 0) is 29.3 Å². The summed E-state index contributed by atoms with van der Waals surface area (Å²) in [5.41, 5.74) is 2.18. The topological polar surface area (TPSA) is 12.0 Å². The molecule has 102 valence electrons. The van der Waals surface area contributed by atoms with Crippen LogP contribution in [0.4, 0.5) is 0 Å². The lowest BCUT2D eigenvalue weighted by molar-refractivity contribution is 0.693. The Hall–Kier alpha value is -0.440. The highest BCUT2D eigenvalue weighted by Crippen LogP contribution is 2.22. The van der Waals surface area contributed by atoms with E-state index in [9.17, 15) is 0 Å². The molecule has 2 aromatic rings. The van der Waals surface area contributed by atoms with Gasteiger partial charge < -0.3 is 5.32 Å². The molecule has 0 amide bonds. The molecule has 0 bridgehead atoms. The van der Waals surface area contributed by atoms with Crippen molar-refractivity contribution in [2.45, 2.75) is 13.1 Å². The fourth-order valence-electron chi connectivity index (χ4n) is 1.63. The summed E-state index contributed by atoms with van der Waals surface area (Å²) in [4.78, 5) is 0. The molecule has 19 heavy (non-hydrogen) atoms. The Morgan fingerprint density at radius 1 is 0.789 bits per heavy atom. The normalized spacial score (nSPS) is 10.1.